The van der Waals surface area contributed by atoms with Crippen molar-refractivity contribution in [3.63, 3.8) is 0 Å². The van der Waals surface area contributed by atoms with Crippen molar-refractivity contribution >= 4 is 29.2 Å². The largest absolute Gasteiger partial charge is 0.437 e. The Morgan fingerprint density at radius 2 is 2.06 bits per heavy atom. The minimum atomic E-state index is -0.611. The molecule has 0 spiro atoms. The van der Waals surface area contributed by atoms with Gasteiger partial charge in [-0.3, -0.25) is 14.0 Å². The maximum Gasteiger partial charge on any atom is 0.269 e. The fourth-order valence-electron chi connectivity index (χ4n) is 2.72. The number of rotatable bonds is 8. The van der Waals surface area contributed by atoms with E-state index >= 15 is 0 Å². The lowest BCUT2D eigenvalue weighted by molar-refractivity contribution is -0.117. The van der Waals surface area contributed by atoms with Gasteiger partial charge < -0.3 is 14.8 Å². The molecular weight excluding hydrogens is 420 g/mol. The second-order valence-electron chi connectivity index (χ2n) is 6.37. The van der Waals surface area contributed by atoms with Crippen LogP contribution in [0.1, 0.15) is 12.0 Å². The molecule has 0 aliphatic rings. The van der Waals surface area contributed by atoms with Crippen LogP contribution in [-0.2, 0) is 9.53 Å². The van der Waals surface area contributed by atoms with Gasteiger partial charge in [-0.2, -0.15) is 10.2 Å². The number of ether oxygens (including phenoxy) is 2. The number of fused-ring (bicyclic) bond motifs is 1. The highest BCUT2D eigenvalue weighted by atomic mass is 35.5. The fraction of sp³-hybridized carbons (Fsp3) is 0.182. The Morgan fingerprint density at radius 3 is 2.81 bits per heavy atom. The Labute approximate surface area is 183 Å². The number of hydrogen-bond acceptors (Lipinski definition) is 6. The Kier molecular flexibility index (Phi) is 7.38. The molecule has 8 nitrogen and oxygen atoms in total. The molecule has 3 aromatic rings. The van der Waals surface area contributed by atoms with Crippen molar-refractivity contribution in [1.29, 1.82) is 5.26 Å². The van der Waals surface area contributed by atoms with Crippen LogP contribution in [0.2, 0.25) is 5.02 Å². The number of hydrogen-bond donors (Lipinski definition) is 1. The van der Waals surface area contributed by atoms with Gasteiger partial charge in [-0.1, -0.05) is 29.8 Å². The van der Waals surface area contributed by atoms with E-state index in [1.807, 2.05) is 6.07 Å². The van der Waals surface area contributed by atoms with Gasteiger partial charge in [0, 0.05) is 26.5 Å². The molecule has 2 aromatic heterocycles. The molecule has 1 amide bonds. The summed E-state index contributed by atoms with van der Waals surface area (Å²) in [6.07, 6.45) is 3.30. The van der Waals surface area contributed by atoms with Crippen molar-refractivity contribution in [3.8, 4) is 17.7 Å². The maximum atomic E-state index is 13.1. The van der Waals surface area contributed by atoms with Crippen LogP contribution in [0.3, 0.4) is 0 Å². The summed E-state index contributed by atoms with van der Waals surface area (Å²) in [4.78, 5) is 29.9. The smallest absolute Gasteiger partial charge is 0.269 e. The second-order valence-corrected chi connectivity index (χ2v) is 6.78. The van der Waals surface area contributed by atoms with Gasteiger partial charge in [0.15, 0.2) is 0 Å². The van der Waals surface area contributed by atoms with E-state index in [-0.39, 0.29) is 22.8 Å². The van der Waals surface area contributed by atoms with Gasteiger partial charge in [-0.05, 0) is 36.8 Å². The van der Waals surface area contributed by atoms with Crippen molar-refractivity contribution in [1.82, 2.24) is 14.7 Å². The molecule has 0 saturated carbocycles. The van der Waals surface area contributed by atoms with E-state index in [4.69, 9.17) is 21.1 Å². The lowest BCUT2D eigenvalue weighted by Gasteiger charge is -2.11. The van der Waals surface area contributed by atoms with Gasteiger partial charge >= 0.3 is 0 Å². The number of nitriles is 1. The van der Waals surface area contributed by atoms with Gasteiger partial charge in [-0.15, -0.1) is 0 Å². The molecule has 2 heterocycles. The Bertz CT molecular complexity index is 1230. The molecule has 3 rings (SSSR count). The number of methoxy groups -OCH3 is 1. The number of halogens is 1. The summed E-state index contributed by atoms with van der Waals surface area (Å²) in [6, 6.07) is 13.6. The van der Waals surface area contributed by atoms with Crippen molar-refractivity contribution in [2.75, 3.05) is 20.3 Å². The number of benzene rings is 1. The average Bonchev–Trinajstić information content (AvgIpc) is 2.78. The lowest BCUT2D eigenvalue weighted by Crippen LogP contribution is -2.27. The van der Waals surface area contributed by atoms with Crippen LogP contribution >= 0.6 is 11.6 Å². The van der Waals surface area contributed by atoms with Crippen LogP contribution in [0.25, 0.3) is 11.7 Å². The third-order valence-corrected chi connectivity index (χ3v) is 4.55. The third kappa shape index (κ3) is 5.28. The summed E-state index contributed by atoms with van der Waals surface area (Å²) in [5.74, 6) is -0.391. The van der Waals surface area contributed by atoms with Crippen LogP contribution in [0, 0.1) is 11.3 Å². The van der Waals surface area contributed by atoms with Crippen molar-refractivity contribution < 1.29 is 14.3 Å². The maximum absolute atomic E-state index is 13.1. The number of aromatic nitrogens is 2. The quantitative estimate of drug-likeness (QED) is 0.329. The minimum Gasteiger partial charge on any atom is -0.437 e. The fourth-order valence-corrected chi connectivity index (χ4v) is 2.90. The Balaban J connectivity index is 2.06. The molecular formula is C22H19ClN4O4. The zero-order chi connectivity index (χ0) is 22.2. The summed E-state index contributed by atoms with van der Waals surface area (Å²) in [6.45, 7) is 0.793. The van der Waals surface area contributed by atoms with Crippen LogP contribution < -0.4 is 15.6 Å². The minimum absolute atomic E-state index is 0.0489. The summed E-state index contributed by atoms with van der Waals surface area (Å²) >= 11 is 6.17. The van der Waals surface area contributed by atoms with Gasteiger partial charge in [0.1, 0.15) is 28.6 Å². The average molecular weight is 439 g/mol. The molecule has 0 aliphatic heterocycles. The topological polar surface area (TPSA) is 106 Å². The van der Waals surface area contributed by atoms with Gasteiger partial charge in [0.05, 0.1) is 5.02 Å². The van der Waals surface area contributed by atoms with E-state index in [2.05, 4.69) is 10.3 Å². The van der Waals surface area contributed by atoms with Gasteiger partial charge in [-0.25, -0.2) is 0 Å². The number of amides is 1. The zero-order valence-corrected chi connectivity index (χ0v) is 17.4. The van der Waals surface area contributed by atoms with Crippen LogP contribution in [0.5, 0.6) is 11.6 Å². The summed E-state index contributed by atoms with van der Waals surface area (Å²) < 4.78 is 12.0. The first-order chi connectivity index (χ1) is 15.0. The van der Waals surface area contributed by atoms with Crippen LogP contribution in [-0.4, -0.2) is 35.6 Å². The molecule has 0 aliphatic carbocycles. The summed E-state index contributed by atoms with van der Waals surface area (Å²) in [7, 11) is 1.56. The summed E-state index contributed by atoms with van der Waals surface area (Å²) in [5, 5.41) is 12.4. The SMILES string of the molecule is COCCCNC(=O)C(C#N)=Cc1c(Oc2ccccc2Cl)nc2ccccn2c1=O. The van der Waals surface area contributed by atoms with E-state index in [9.17, 15) is 14.9 Å². The second kappa shape index (κ2) is 10.4. The van der Waals surface area contributed by atoms with E-state index in [0.717, 1.165) is 0 Å². The molecule has 0 fully saturated rings. The van der Waals surface area contributed by atoms with Gasteiger partial charge in [0.25, 0.3) is 11.5 Å². The van der Waals surface area contributed by atoms with E-state index < -0.39 is 11.5 Å². The normalized spacial score (nSPS) is 11.2. The zero-order valence-electron chi connectivity index (χ0n) is 16.7. The van der Waals surface area contributed by atoms with Crippen molar-refractivity contribution in [3.05, 3.63) is 75.2 Å². The lowest BCUT2D eigenvalue weighted by atomic mass is 10.1. The van der Waals surface area contributed by atoms with Crippen molar-refractivity contribution in [2.24, 2.45) is 0 Å². The van der Waals surface area contributed by atoms with Crippen molar-refractivity contribution in [2.45, 2.75) is 6.42 Å². The summed E-state index contributed by atoms with van der Waals surface area (Å²) in [5.41, 5.74) is -0.453. The molecule has 0 unspecified atom stereocenters. The van der Waals surface area contributed by atoms with E-state index in [0.29, 0.717) is 30.2 Å². The molecule has 1 N–H and O–H groups in total. The number of nitrogens with one attached hydrogen (secondary N) is 1. The molecule has 0 saturated heterocycles. The number of pyridine rings is 1. The van der Waals surface area contributed by atoms with E-state index in [1.54, 1.807) is 49.6 Å². The molecule has 0 radical (unpaired) electrons. The molecule has 1 aromatic carbocycles. The highest BCUT2D eigenvalue weighted by molar-refractivity contribution is 6.32. The Hall–Kier alpha value is -3.67. The van der Waals surface area contributed by atoms with Crippen LogP contribution in [0.4, 0.5) is 0 Å². The number of carbonyl (C=O) groups is 1. The first kappa shape index (κ1) is 22.0. The molecule has 0 bridgehead atoms. The monoisotopic (exact) mass is 438 g/mol. The third-order valence-electron chi connectivity index (χ3n) is 4.24. The number of nitrogens with zero attached hydrogens (tertiary/aromatic N) is 3. The molecule has 9 heteroatoms. The van der Waals surface area contributed by atoms with E-state index in [1.165, 1.54) is 16.7 Å². The highest BCUT2D eigenvalue weighted by Crippen LogP contribution is 2.29. The Morgan fingerprint density at radius 1 is 1.29 bits per heavy atom. The predicted molar refractivity (Wildman–Crippen MR) is 116 cm³/mol. The number of carbonyl (C=O) groups excluding carboxylic acids is 1. The van der Waals surface area contributed by atoms with Crippen LogP contribution in [0.15, 0.2) is 59.0 Å². The molecule has 158 valence electrons. The molecule has 31 heavy (non-hydrogen) atoms. The predicted octanol–water partition coefficient (Wildman–Crippen LogP) is 3.20. The molecule has 0 atom stereocenters. The first-order valence-electron chi connectivity index (χ1n) is 9.38. The standard InChI is InChI=1S/C22H19ClN4O4/c1-30-12-6-10-25-20(28)15(14-24)13-16-21(31-18-8-3-2-7-17(18)23)26-19-9-4-5-11-27(19)22(16)29/h2-5,7-9,11,13H,6,10,12H2,1H3,(H,25,28). The van der Waals surface area contributed by atoms with Gasteiger partial charge in [0.2, 0.25) is 5.88 Å². The first-order valence-corrected chi connectivity index (χ1v) is 9.75. The number of para-hydroxylation sites is 1. The highest BCUT2D eigenvalue weighted by Gasteiger charge is 2.17.